The number of nitrogens with zero attached hydrogens (tertiary/aromatic N) is 3. The lowest BCUT2D eigenvalue weighted by atomic mass is 10.2. The van der Waals surface area contributed by atoms with Crippen molar-refractivity contribution in [1.29, 1.82) is 0 Å². The molecule has 0 amide bonds. The molecule has 0 atom stereocenters. The zero-order valence-corrected chi connectivity index (χ0v) is 17.7. The summed E-state index contributed by atoms with van der Waals surface area (Å²) in [7, 11) is 1.61. The maximum Gasteiger partial charge on any atom is 0.242 e. The molecule has 6 nitrogen and oxygen atoms in total. The predicted molar refractivity (Wildman–Crippen MR) is 112 cm³/mol. The number of rotatable bonds is 8. The Balaban J connectivity index is 1.53. The van der Waals surface area contributed by atoms with Gasteiger partial charge in [0.1, 0.15) is 5.75 Å². The van der Waals surface area contributed by atoms with Gasteiger partial charge in [0, 0.05) is 26.9 Å². The Labute approximate surface area is 170 Å². The first-order valence-electron chi connectivity index (χ1n) is 8.75. The van der Waals surface area contributed by atoms with Crippen molar-refractivity contribution in [2.45, 2.75) is 10.1 Å². The molecule has 0 saturated heterocycles. The van der Waals surface area contributed by atoms with Crippen LogP contribution in [-0.4, -0.2) is 48.7 Å². The van der Waals surface area contributed by atoms with E-state index in [1.165, 1.54) is 18.4 Å². The van der Waals surface area contributed by atoms with E-state index in [9.17, 15) is 8.42 Å². The van der Waals surface area contributed by atoms with Crippen LogP contribution in [-0.2, 0) is 17.1 Å². The third kappa shape index (κ3) is 4.57. The molecule has 0 aliphatic rings. The van der Waals surface area contributed by atoms with Crippen molar-refractivity contribution in [1.82, 2.24) is 13.9 Å². The van der Waals surface area contributed by atoms with Crippen LogP contribution in [0.15, 0.2) is 70.8 Å². The minimum Gasteiger partial charge on any atom is -0.493 e. The fraction of sp³-hybridized carbons (Fsp3) is 0.250. The fourth-order valence-electron chi connectivity index (χ4n) is 2.61. The topological polar surface area (TPSA) is 64.4 Å². The van der Waals surface area contributed by atoms with E-state index >= 15 is 0 Å². The van der Waals surface area contributed by atoms with Crippen molar-refractivity contribution in [2.75, 3.05) is 26.5 Å². The van der Waals surface area contributed by atoms with Crippen LogP contribution in [0.2, 0.25) is 0 Å². The van der Waals surface area contributed by atoms with Gasteiger partial charge in [0.2, 0.25) is 10.0 Å². The minimum absolute atomic E-state index is 0.251. The largest absolute Gasteiger partial charge is 0.493 e. The van der Waals surface area contributed by atoms with E-state index in [2.05, 4.69) is 21.7 Å². The lowest BCUT2D eigenvalue weighted by molar-refractivity contribution is 0.343. The summed E-state index contributed by atoms with van der Waals surface area (Å²) in [6, 6.07) is 16.6. The first-order chi connectivity index (χ1) is 13.4. The molecule has 2 aromatic carbocycles. The summed E-state index contributed by atoms with van der Waals surface area (Å²) in [5.74, 6) is 1.37. The van der Waals surface area contributed by atoms with E-state index in [0.717, 1.165) is 22.2 Å². The van der Waals surface area contributed by atoms with E-state index in [1.54, 1.807) is 36.0 Å². The SMILES string of the molecule is CN(C)S(=O)(=O)c1ccc(OCCSc2ncc(-c3ccccc3)n2C)cc1. The molecule has 0 N–H and O–H groups in total. The molecule has 0 unspecified atom stereocenters. The van der Waals surface area contributed by atoms with Gasteiger partial charge in [-0.25, -0.2) is 17.7 Å². The summed E-state index contributed by atoms with van der Waals surface area (Å²) in [6.45, 7) is 0.498. The van der Waals surface area contributed by atoms with Crippen LogP contribution >= 0.6 is 11.8 Å². The van der Waals surface area contributed by atoms with Crippen LogP contribution in [0.5, 0.6) is 5.75 Å². The fourth-order valence-corrected chi connectivity index (χ4v) is 4.29. The molecule has 3 aromatic rings. The molecule has 1 heterocycles. The smallest absolute Gasteiger partial charge is 0.242 e. The van der Waals surface area contributed by atoms with E-state index < -0.39 is 10.0 Å². The summed E-state index contributed by atoms with van der Waals surface area (Å²) >= 11 is 1.62. The molecule has 0 aliphatic carbocycles. The van der Waals surface area contributed by atoms with Crippen molar-refractivity contribution in [3.05, 3.63) is 60.8 Å². The number of benzene rings is 2. The second kappa shape index (κ2) is 8.81. The van der Waals surface area contributed by atoms with Gasteiger partial charge >= 0.3 is 0 Å². The van der Waals surface area contributed by atoms with Crippen molar-refractivity contribution < 1.29 is 13.2 Å². The zero-order chi connectivity index (χ0) is 20.1. The number of imidazole rings is 1. The van der Waals surface area contributed by atoms with Crippen molar-refractivity contribution in [3.8, 4) is 17.0 Å². The molecule has 0 bridgehead atoms. The minimum atomic E-state index is -3.42. The van der Waals surface area contributed by atoms with Crippen molar-refractivity contribution in [3.63, 3.8) is 0 Å². The standard InChI is InChI=1S/C20H23N3O3S2/c1-22(2)28(24,25)18-11-9-17(10-12-18)26-13-14-27-20-21-15-19(23(20)3)16-7-5-4-6-8-16/h4-12,15H,13-14H2,1-3H3. The first-order valence-corrected chi connectivity index (χ1v) is 11.2. The number of thioether (sulfide) groups is 1. The summed E-state index contributed by atoms with van der Waals surface area (Å²) in [4.78, 5) is 4.74. The molecule has 0 saturated carbocycles. The second-order valence-electron chi connectivity index (χ2n) is 6.31. The number of sulfonamides is 1. The monoisotopic (exact) mass is 417 g/mol. The van der Waals surface area contributed by atoms with E-state index in [1.807, 2.05) is 31.4 Å². The van der Waals surface area contributed by atoms with Gasteiger partial charge in [-0.2, -0.15) is 0 Å². The Morgan fingerprint density at radius 3 is 2.39 bits per heavy atom. The highest BCUT2D eigenvalue weighted by Gasteiger charge is 2.16. The molecule has 0 radical (unpaired) electrons. The molecule has 0 aliphatic heterocycles. The molecule has 0 spiro atoms. The molecule has 1 aromatic heterocycles. The van der Waals surface area contributed by atoms with E-state index in [-0.39, 0.29) is 4.90 Å². The maximum absolute atomic E-state index is 12.1. The highest BCUT2D eigenvalue weighted by Crippen LogP contribution is 2.25. The molecule has 8 heteroatoms. The number of aromatic nitrogens is 2. The van der Waals surface area contributed by atoms with Crippen LogP contribution < -0.4 is 4.74 Å². The van der Waals surface area contributed by atoms with E-state index in [4.69, 9.17) is 4.74 Å². The quantitative estimate of drug-likeness (QED) is 0.415. The summed E-state index contributed by atoms with van der Waals surface area (Å²) in [5, 5.41) is 0.926. The maximum atomic E-state index is 12.1. The Morgan fingerprint density at radius 2 is 1.75 bits per heavy atom. The van der Waals surface area contributed by atoms with Gasteiger partial charge in [0.15, 0.2) is 5.16 Å². The van der Waals surface area contributed by atoms with Gasteiger partial charge in [0.25, 0.3) is 0 Å². The lowest BCUT2D eigenvalue weighted by Crippen LogP contribution is -2.22. The van der Waals surface area contributed by atoms with Crippen molar-refractivity contribution in [2.24, 2.45) is 7.05 Å². The van der Waals surface area contributed by atoms with Crippen LogP contribution in [0.3, 0.4) is 0 Å². The summed E-state index contributed by atoms with van der Waals surface area (Å²) in [6.07, 6.45) is 1.88. The van der Waals surface area contributed by atoms with Gasteiger partial charge in [-0.05, 0) is 29.8 Å². The highest BCUT2D eigenvalue weighted by atomic mass is 32.2. The molecule has 0 fully saturated rings. The van der Waals surface area contributed by atoms with Gasteiger partial charge in [-0.1, -0.05) is 42.1 Å². The van der Waals surface area contributed by atoms with Crippen LogP contribution in [0.1, 0.15) is 0 Å². The second-order valence-corrected chi connectivity index (χ2v) is 9.52. The normalized spacial score (nSPS) is 11.7. The van der Waals surface area contributed by atoms with Crippen LogP contribution in [0.25, 0.3) is 11.3 Å². The Bertz CT molecular complexity index is 1010. The molecular formula is C20H23N3O3S2. The number of ether oxygens (including phenoxy) is 1. The van der Waals surface area contributed by atoms with Gasteiger partial charge in [-0.15, -0.1) is 0 Å². The van der Waals surface area contributed by atoms with Gasteiger partial charge in [-0.3, -0.25) is 0 Å². The number of hydrogen-bond donors (Lipinski definition) is 0. The highest BCUT2D eigenvalue weighted by molar-refractivity contribution is 7.99. The lowest BCUT2D eigenvalue weighted by Gasteiger charge is -2.12. The summed E-state index contributed by atoms with van der Waals surface area (Å²) in [5.41, 5.74) is 2.20. The van der Waals surface area contributed by atoms with Gasteiger partial charge in [0.05, 0.1) is 23.4 Å². The molecule has 28 heavy (non-hydrogen) atoms. The Hall–Kier alpha value is -2.29. The first kappa shape index (κ1) is 20.4. The van der Waals surface area contributed by atoms with Crippen LogP contribution in [0.4, 0.5) is 0 Å². The predicted octanol–water partition coefficient (Wildman–Crippen LogP) is 3.51. The summed E-state index contributed by atoms with van der Waals surface area (Å²) < 4.78 is 33.1. The molecule has 3 rings (SSSR count). The average molecular weight is 418 g/mol. The average Bonchev–Trinajstić information content (AvgIpc) is 3.06. The molecule has 148 valence electrons. The zero-order valence-electron chi connectivity index (χ0n) is 16.1. The van der Waals surface area contributed by atoms with E-state index in [0.29, 0.717) is 12.4 Å². The molecular weight excluding hydrogens is 394 g/mol. The Morgan fingerprint density at radius 1 is 1.07 bits per heavy atom. The van der Waals surface area contributed by atoms with Crippen LogP contribution in [0, 0.1) is 0 Å². The third-order valence-corrected chi connectivity index (χ3v) is 7.04. The third-order valence-electron chi connectivity index (χ3n) is 4.20. The van der Waals surface area contributed by atoms with Gasteiger partial charge < -0.3 is 9.30 Å². The Kier molecular flexibility index (Phi) is 6.43. The van der Waals surface area contributed by atoms with Crippen molar-refractivity contribution >= 4 is 21.8 Å². The number of hydrogen-bond acceptors (Lipinski definition) is 5.